The van der Waals surface area contributed by atoms with E-state index in [1.54, 1.807) is 4.90 Å². The standard InChI is InChI=1S/C18H25N3O4/c1-3-20(2)7-6-19-18(23)13-10-17(22)21(12-13)14-4-5-15-16(11-14)25-9-8-24-15/h4-5,11,13H,3,6-10,12H2,1-2H3,(H,19,23). The van der Waals surface area contributed by atoms with Crippen LogP contribution in [0.1, 0.15) is 13.3 Å². The molecule has 1 aromatic carbocycles. The topological polar surface area (TPSA) is 71.1 Å². The van der Waals surface area contributed by atoms with Gasteiger partial charge in [-0.2, -0.15) is 0 Å². The number of carbonyl (C=O) groups excluding carboxylic acids is 2. The van der Waals surface area contributed by atoms with Gasteiger partial charge >= 0.3 is 0 Å². The summed E-state index contributed by atoms with van der Waals surface area (Å²) in [6.45, 7) is 5.84. The van der Waals surface area contributed by atoms with Crippen molar-refractivity contribution in [2.24, 2.45) is 5.92 Å². The van der Waals surface area contributed by atoms with Crippen LogP contribution in [0.5, 0.6) is 11.5 Å². The van der Waals surface area contributed by atoms with Crippen molar-refractivity contribution < 1.29 is 19.1 Å². The van der Waals surface area contributed by atoms with Crippen LogP contribution in [0.4, 0.5) is 5.69 Å². The van der Waals surface area contributed by atoms with Crippen LogP contribution >= 0.6 is 0 Å². The molecule has 0 saturated carbocycles. The Balaban J connectivity index is 1.59. The number of likely N-dealkylation sites (N-methyl/N-ethyl adjacent to an activating group) is 1. The number of nitrogens with one attached hydrogen (secondary N) is 1. The van der Waals surface area contributed by atoms with Crippen LogP contribution in [0.3, 0.4) is 0 Å². The second-order valence-electron chi connectivity index (χ2n) is 6.42. The van der Waals surface area contributed by atoms with Crippen LogP contribution in [0, 0.1) is 5.92 Å². The lowest BCUT2D eigenvalue weighted by Gasteiger charge is -2.22. The Bertz CT molecular complexity index is 649. The normalized spacial score (nSPS) is 19.4. The molecule has 0 spiro atoms. The number of anilines is 1. The monoisotopic (exact) mass is 347 g/mol. The lowest BCUT2D eigenvalue weighted by molar-refractivity contribution is -0.126. The molecule has 0 bridgehead atoms. The SMILES string of the molecule is CCN(C)CCNC(=O)C1CC(=O)N(c2ccc3c(c2)OCCO3)C1. The van der Waals surface area contributed by atoms with Gasteiger partial charge in [0.15, 0.2) is 11.5 Å². The quantitative estimate of drug-likeness (QED) is 0.827. The van der Waals surface area contributed by atoms with Gasteiger partial charge < -0.3 is 24.6 Å². The maximum Gasteiger partial charge on any atom is 0.227 e. The summed E-state index contributed by atoms with van der Waals surface area (Å²) in [6, 6.07) is 5.45. The molecule has 25 heavy (non-hydrogen) atoms. The Kier molecular flexibility index (Phi) is 5.43. The van der Waals surface area contributed by atoms with Gasteiger partial charge in [0.1, 0.15) is 13.2 Å². The Morgan fingerprint density at radius 1 is 1.32 bits per heavy atom. The van der Waals surface area contributed by atoms with E-state index in [-0.39, 0.29) is 24.2 Å². The number of amides is 2. The van der Waals surface area contributed by atoms with Crippen LogP contribution in [-0.4, -0.2) is 63.2 Å². The number of rotatable bonds is 6. The number of fused-ring (bicyclic) bond motifs is 1. The molecule has 0 aliphatic carbocycles. The molecule has 1 N–H and O–H groups in total. The van der Waals surface area contributed by atoms with E-state index in [0.717, 1.165) is 18.8 Å². The van der Waals surface area contributed by atoms with Gasteiger partial charge in [0, 0.05) is 37.8 Å². The van der Waals surface area contributed by atoms with E-state index < -0.39 is 0 Å². The van der Waals surface area contributed by atoms with E-state index in [9.17, 15) is 9.59 Å². The van der Waals surface area contributed by atoms with Gasteiger partial charge in [-0.15, -0.1) is 0 Å². The average Bonchev–Trinajstić information content (AvgIpc) is 3.03. The van der Waals surface area contributed by atoms with E-state index in [1.807, 2.05) is 25.2 Å². The third-order valence-electron chi connectivity index (χ3n) is 4.67. The second-order valence-corrected chi connectivity index (χ2v) is 6.42. The van der Waals surface area contributed by atoms with Crippen LogP contribution in [-0.2, 0) is 9.59 Å². The van der Waals surface area contributed by atoms with E-state index in [4.69, 9.17) is 9.47 Å². The van der Waals surface area contributed by atoms with E-state index >= 15 is 0 Å². The van der Waals surface area contributed by atoms with Gasteiger partial charge in [-0.1, -0.05) is 6.92 Å². The fourth-order valence-corrected chi connectivity index (χ4v) is 3.01. The van der Waals surface area contributed by atoms with Gasteiger partial charge in [-0.05, 0) is 25.7 Å². The Morgan fingerprint density at radius 3 is 2.84 bits per heavy atom. The summed E-state index contributed by atoms with van der Waals surface area (Å²) in [5.74, 6) is 0.927. The predicted molar refractivity (Wildman–Crippen MR) is 94.1 cm³/mol. The van der Waals surface area contributed by atoms with Crippen LogP contribution in [0.15, 0.2) is 18.2 Å². The third-order valence-corrected chi connectivity index (χ3v) is 4.67. The van der Waals surface area contributed by atoms with Crippen molar-refractivity contribution in [1.29, 1.82) is 0 Å². The average molecular weight is 347 g/mol. The molecule has 1 unspecified atom stereocenters. The highest BCUT2D eigenvalue weighted by Gasteiger charge is 2.35. The molecule has 2 aliphatic rings. The summed E-state index contributed by atoms with van der Waals surface area (Å²) in [7, 11) is 2.01. The Hall–Kier alpha value is -2.28. The summed E-state index contributed by atoms with van der Waals surface area (Å²) in [6.07, 6.45) is 0.240. The predicted octanol–water partition coefficient (Wildman–Crippen LogP) is 0.879. The highest BCUT2D eigenvalue weighted by atomic mass is 16.6. The molecule has 1 aromatic rings. The van der Waals surface area contributed by atoms with E-state index in [0.29, 0.717) is 37.8 Å². The van der Waals surface area contributed by atoms with Crippen molar-refractivity contribution in [3.63, 3.8) is 0 Å². The molecule has 2 aliphatic heterocycles. The highest BCUT2D eigenvalue weighted by Crippen LogP contribution is 2.35. The van der Waals surface area contributed by atoms with Crippen LogP contribution in [0.2, 0.25) is 0 Å². The molecule has 136 valence electrons. The van der Waals surface area contributed by atoms with Gasteiger partial charge in [0.25, 0.3) is 0 Å². The number of hydrogen-bond acceptors (Lipinski definition) is 5. The molecule has 2 heterocycles. The summed E-state index contributed by atoms with van der Waals surface area (Å²) < 4.78 is 11.1. The zero-order valence-corrected chi connectivity index (χ0v) is 14.8. The molecule has 7 heteroatoms. The number of nitrogens with zero attached hydrogens (tertiary/aromatic N) is 2. The highest BCUT2D eigenvalue weighted by molar-refractivity contribution is 6.00. The maximum absolute atomic E-state index is 12.4. The molecule has 3 rings (SSSR count). The minimum Gasteiger partial charge on any atom is -0.486 e. The molecular weight excluding hydrogens is 322 g/mol. The minimum absolute atomic E-state index is 0.0393. The maximum atomic E-state index is 12.4. The van der Waals surface area contributed by atoms with Crippen molar-refractivity contribution in [1.82, 2.24) is 10.2 Å². The smallest absolute Gasteiger partial charge is 0.227 e. The summed E-state index contributed by atoms with van der Waals surface area (Å²) >= 11 is 0. The second kappa shape index (κ2) is 7.74. The first-order valence-corrected chi connectivity index (χ1v) is 8.74. The number of hydrogen-bond donors (Lipinski definition) is 1. The van der Waals surface area contributed by atoms with Crippen molar-refractivity contribution in [2.75, 3.05) is 51.3 Å². The molecule has 2 amide bonds. The van der Waals surface area contributed by atoms with Gasteiger partial charge in [0.2, 0.25) is 11.8 Å². The van der Waals surface area contributed by atoms with Crippen molar-refractivity contribution in [2.45, 2.75) is 13.3 Å². The largest absolute Gasteiger partial charge is 0.486 e. The molecule has 0 radical (unpaired) electrons. The molecule has 1 saturated heterocycles. The van der Waals surface area contributed by atoms with Crippen molar-refractivity contribution >= 4 is 17.5 Å². The number of benzene rings is 1. The number of carbonyl (C=O) groups is 2. The first kappa shape index (κ1) is 17.5. The summed E-state index contributed by atoms with van der Waals surface area (Å²) in [5, 5.41) is 2.93. The summed E-state index contributed by atoms with van der Waals surface area (Å²) in [4.78, 5) is 28.4. The van der Waals surface area contributed by atoms with E-state index in [1.165, 1.54) is 0 Å². The van der Waals surface area contributed by atoms with E-state index in [2.05, 4.69) is 17.1 Å². The molecule has 1 fully saturated rings. The fraction of sp³-hybridized carbons (Fsp3) is 0.556. The Labute approximate surface area is 147 Å². The molecule has 0 aromatic heterocycles. The van der Waals surface area contributed by atoms with Crippen LogP contribution < -0.4 is 19.7 Å². The number of ether oxygens (including phenoxy) is 2. The van der Waals surface area contributed by atoms with Crippen molar-refractivity contribution in [3.8, 4) is 11.5 Å². The first-order chi connectivity index (χ1) is 12.1. The Morgan fingerprint density at radius 2 is 2.08 bits per heavy atom. The zero-order valence-electron chi connectivity index (χ0n) is 14.8. The minimum atomic E-state index is -0.312. The van der Waals surface area contributed by atoms with Crippen LogP contribution in [0.25, 0.3) is 0 Å². The summed E-state index contributed by atoms with van der Waals surface area (Å²) in [5.41, 5.74) is 0.746. The van der Waals surface area contributed by atoms with Gasteiger partial charge in [-0.3, -0.25) is 9.59 Å². The fourth-order valence-electron chi connectivity index (χ4n) is 3.01. The molecular formula is C18H25N3O4. The lowest BCUT2D eigenvalue weighted by Crippen LogP contribution is -2.37. The zero-order chi connectivity index (χ0) is 17.8. The first-order valence-electron chi connectivity index (χ1n) is 8.74. The van der Waals surface area contributed by atoms with Gasteiger partial charge in [0.05, 0.1) is 5.92 Å². The third kappa shape index (κ3) is 4.04. The molecule has 1 atom stereocenters. The van der Waals surface area contributed by atoms with Gasteiger partial charge in [-0.25, -0.2) is 0 Å². The van der Waals surface area contributed by atoms with Crippen molar-refractivity contribution in [3.05, 3.63) is 18.2 Å². The molecule has 7 nitrogen and oxygen atoms in total. The lowest BCUT2D eigenvalue weighted by atomic mass is 10.1.